The van der Waals surface area contributed by atoms with E-state index in [0.717, 1.165) is 25.7 Å². The molecule has 4 N–H and O–H groups in total. The van der Waals surface area contributed by atoms with Gasteiger partial charge in [-0.3, -0.25) is 10.00 Å². The van der Waals surface area contributed by atoms with Gasteiger partial charge >= 0.3 is 6.09 Å². The van der Waals surface area contributed by atoms with Gasteiger partial charge in [0.15, 0.2) is 0 Å². The number of hydrogen-bond donors (Lipinski definition) is 3. The molecule has 23 heavy (non-hydrogen) atoms. The molecule has 9 heteroatoms. The molecular formula is C14H25ClN4O4. The zero-order chi connectivity index (χ0) is 15.9. The fraction of sp³-hybridized carbons (Fsp3) is 0.714. The monoisotopic (exact) mass is 348 g/mol. The Bertz CT molecular complexity index is 489. The lowest BCUT2D eigenvalue weighted by Gasteiger charge is -2.26. The SMILES string of the molecule is COCCCOc1nn([C@H]2CC[C@H](N)CC2)cc1NC(=O)O.Cl. The summed E-state index contributed by atoms with van der Waals surface area (Å²) in [5.74, 6) is 0.313. The molecular weight excluding hydrogens is 324 g/mol. The maximum atomic E-state index is 10.9. The fourth-order valence-corrected chi connectivity index (χ4v) is 2.61. The molecule has 1 saturated carbocycles. The molecule has 8 nitrogen and oxygen atoms in total. The molecule has 1 aliphatic rings. The van der Waals surface area contributed by atoms with E-state index in [-0.39, 0.29) is 24.5 Å². The van der Waals surface area contributed by atoms with Crippen molar-refractivity contribution in [1.29, 1.82) is 0 Å². The lowest BCUT2D eigenvalue weighted by Crippen LogP contribution is -2.28. The number of ether oxygens (including phenoxy) is 2. The average molecular weight is 349 g/mol. The number of aromatic nitrogens is 2. The zero-order valence-corrected chi connectivity index (χ0v) is 14.1. The highest BCUT2D eigenvalue weighted by molar-refractivity contribution is 5.85. The smallest absolute Gasteiger partial charge is 0.409 e. The van der Waals surface area contributed by atoms with Crippen LogP contribution in [0.5, 0.6) is 5.88 Å². The lowest BCUT2D eigenvalue weighted by molar-refractivity contribution is 0.170. The molecule has 0 aliphatic heterocycles. The first-order chi connectivity index (χ1) is 10.6. The summed E-state index contributed by atoms with van der Waals surface area (Å²) < 4.78 is 12.3. The van der Waals surface area contributed by atoms with Crippen LogP contribution < -0.4 is 15.8 Å². The van der Waals surface area contributed by atoms with Crippen LogP contribution in [-0.2, 0) is 4.74 Å². The van der Waals surface area contributed by atoms with Gasteiger partial charge in [-0.05, 0) is 25.7 Å². The van der Waals surface area contributed by atoms with Gasteiger partial charge in [-0.15, -0.1) is 17.5 Å². The number of hydrogen-bond acceptors (Lipinski definition) is 5. The van der Waals surface area contributed by atoms with Gasteiger partial charge in [-0.2, -0.15) is 0 Å². The molecule has 0 spiro atoms. The molecule has 1 aromatic rings. The van der Waals surface area contributed by atoms with Crippen LogP contribution in [0.3, 0.4) is 0 Å². The van der Waals surface area contributed by atoms with Crippen LogP contribution in [0.4, 0.5) is 10.5 Å². The van der Waals surface area contributed by atoms with E-state index in [1.54, 1.807) is 18.0 Å². The Hall–Kier alpha value is -1.51. The fourth-order valence-electron chi connectivity index (χ4n) is 2.61. The van der Waals surface area contributed by atoms with Gasteiger partial charge in [0.25, 0.3) is 5.88 Å². The Kier molecular flexibility index (Phi) is 8.15. The normalized spacial score (nSPS) is 20.6. The Morgan fingerprint density at radius 2 is 2.13 bits per heavy atom. The molecule has 132 valence electrons. The van der Waals surface area contributed by atoms with Gasteiger partial charge in [0.05, 0.1) is 18.8 Å². The van der Waals surface area contributed by atoms with Crippen LogP contribution in [0.1, 0.15) is 38.1 Å². The molecule has 0 atom stereocenters. The second kappa shape index (κ2) is 9.59. The summed E-state index contributed by atoms with van der Waals surface area (Å²) >= 11 is 0. The minimum Gasteiger partial charge on any atom is -0.475 e. The van der Waals surface area contributed by atoms with Crippen molar-refractivity contribution in [1.82, 2.24) is 9.78 Å². The Balaban J connectivity index is 0.00000264. The molecule has 0 saturated heterocycles. The van der Waals surface area contributed by atoms with Gasteiger partial charge in [0.1, 0.15) is 5.69 Å². The number of nitrogens with two attached hydrogens (primary N) is 1. The minimum atomic E-state index is -1.13. The summed E-state index contributed by atoms with van der Waals surface area (Å²) in [5, 5.41) is 15.6. The van der Waals surface area contributed by atoms with Crippen LogP contribution in [0, 0.1) is 0 Å². The topological polar surface area (TPSA) is 112 Å². The third kappa shape index (κ3) is 5.89. The molecule has 1 aromatic heterocycles. The van der Waals surface area contributed by atoms with Crippen LogP contribution in [-0.4, -0.2) is 47.3 Å². The van der Waals surface area contributed by atoms with Crippen LogP contribution in [0.15, 0.2) is 6.20 Å². The lowest BCUT2D eigenvalue weighted by atomic mass is 9.92. The molecule has 1 amide bonds. The van der Waals surface area contributed by atoms with Crippen LogP contribution in [0.2, 0.25) is 0 Å². The summed E-state index contributed by atoms with van der Waals surface area (Å²) in [5.41, 5.74) is 6.29. The maximum Gasteiger partial charge on any atom is 0.409 e. The summed E-state index contributed by atoms with van der Waals surface area (Å²) in [4.78, 5) is 10.9. The highest BCUT2D eigenvalue weighted by Crippen LogP contribution is 2.31. The van der Waals surface area contributed by atoms with Crippen molar-refractivity contribution in [3.05, 3.63) is 6.20 Å². The van der Waals surface area contributed by atoms with E-state index in [1.165, 1.54) is 0 Å². The number of anilines is 1. The van der Waals surface area contributed by atoms with E-state index < -0.39 is 6.09 Å². The van der Waals surface area contributed by atoms with Crippen LogP contribution >= 0.6 is 12.4 Å². The summed E-state index contributed by atoms with van der Waals surface area (Å²) in [6, 6.07) is 0.499. The Labute approximate surface area is 141 Å². The highest BCUT2D eigenvalue weighted by Gasteiger charge is 2.23. The third-order valence-electron chi connectivity index (χ3n) is 3.79. The maximum absolute atomic E-state index is 10.9. The van der Waals surface area contributed by atoms with E-state index in [9.17, 15) is 4.79 Å². The molecule has 0 unspecified atom stereocenters. The van der Waals surface area contributed by atoms with Crippen molar-refractivity contribution in [2.75, 3.05) is 25.6 Å². The van der Waals surface area contributed by atoms with Crippen molar-refractivity contribution in [2.24, 2.45) is 5.73 Å². The van der Waals surface area contributed by atoms with Crippen LogP contribution in [0.25, 0.3) is 0 Å². The first-order valence-corrected chi connectivity index (χ1v) is 7.56. The van der Waals surface area contributed by atoms with E-state index in [0.29, 0.717) is 31.2 Å². The standard InChI is InChI=1S/C14H24N4O4.ClH/c1-21-7-2-8-22-13-12(16-14(19)20)9-18(17-13)11-5-3-10(15)4-6-11;/h9-11,16H,2-8,15H2,1H3,(H,19,20);1H/t10-,11-;. The second-order valence-electron chi connectivity index (χ2n) is 5.52. The zero-order valence-electron chi connectivity index (χ0n) is 13.2. The van der Waals surface area contributed by atoms with Crippen molar-refractivity contribution in [3.63, 3.8) is 0 Å². The molecule has 0 radical (unpaired) electrons. The van der Waals surface area contributed by atoms with Gasteiger partial charge < -0.3 is 20.3 Å². The molecule has 1 aliphatic carbocycles. The summed E-state index contributed by atoms with van der Waals surface area (Å²) in [7, 11) is 1.62. The number of halogens is 1. The number of nitrogens with one attached hydrogen (secondary N) is 1. The number of amides is 1. The minimum absolute atomic E-state index is 0. The first kappa shape index (κ1) is 19.5. The van der Waals surface area contributed by atoms with Gasteiger partial charge in [0.2, 0.25) is 0 Å². The predicted molar refractivity (Wildman–Crippen MR) is 88.6 cm³/mol. The van der Waals surface area contributed by atoms with E-state index in [4.69, 9.17) is 20.3 Å². The van der Waals surface area contributed by atoms with Crippen molar-refractivity contribution >= 4 is 24.2 Å². The third-order valence-corrected chi connectivity index (χ3v) is 3.79. The first-order valence-electron chi connectivity index (χ1n) is 7.56. The molecule has 0 bridgehead atoms. The van der Waals surface area contributed by atoms with Gasteiger partial charge in [0, 0.05) is 26.2 Å². The number of carbonyl (C=O) groups is 1. The number of methoxy groups -OCH3 is 1. The number of nitrogens with zero attached hydrogens (tertiary/aromatic N) is 2. The van der Waals surface area contributed by atoms with Crippen molar-refractivity contribution < 1.29 is 19.4 Å². The average Bonchev–Trinajstić information content (AvgIpc) is 2.86. The largest absolute Gasteiger partial charge is 0.475 e. The van der Waals surface area contributed by atoms with E-state index >= 15 is 0 Å². The van der Waals surface area contributed by atoms with Crippen molar-refractivity contribution in [2.45, 2.75) is 44.2 Å². The molecule has 0 aromatic carbocycles. The predicted octanol–water partition coefficient (Wildman–Crippen LogP) is 2.25. The van der Waals surface area contributed by atoms with E-state index in [1.807, 2.05) is 0 Å². The Morgan fingerprint density at radius 3 is 2.74 bits per heavy atom. The quantitative estimate of drug-likeness (QED) is 0.651. The number of carboxylic acid groups (broad SMARTS) is 1. The summed E-state index contributed by atoms with van der Waals surface area (Å²) in [6.45, 7) is 1.01. The second-order valence-corrected chi connectivity index (χ2v) is 5.52. The molecule has 2 rings (SSSR count). The van der Waals surface area contributed by atoms with E-state index in [2.05, 4.69) is 10.4 Å². The van der Waals surface area contributed by atoms with Gasteiger partial charge in [-0.25, -0.2) is 4.79 Å². The van der Waals surface area contributed by atoms with Crippen molar-refractivity contribution in [3.8, 4) is 5.88 Å². The Morgan fingerprint density at radius 1 is 1.43 bits per heavy atom. The molecule has 1 heterocycles. The molecule has 1 fully saturated rings. The highest BCUT2D eigenvalue weighted by atomic mass is 35.5. The van der Waals surface area contributed by atoms with Gasteiger partial charge in [-0.1, -0.05) is 0 Å². The summed E-state index contributed by atoms with van der Waals surface area (Å²) in [6.07, 6.45) is 5.07. The number of rotatable bonds is 7.